The van der Waals surface area contributed by atoms with Crippen LogP contribution in [0.5, 0.6) is 0 Å². The molecule has 0 saturated heterocycles. The Hall–Kier alpha value is -0.770. The molecule has 0 atom stereocenters. The van der Waals surface area contributed by atoms with Crippen LogP contribution >= 0.6 is 15.9 Å². The standard InChI is InChI=1S/C6H8BrN3/c1-9-6(8)4-2-3-5(7)10-4/h2-3,10H,1H3,(H2,8,9). The lowest BCUT2D eigenvalue weighted by atomic mass is 10.4. The molecule has 3 N–H and O–H groups in total. The highest BCUT2D eigenvalue weighted by Gasteiger charge is 1.98. The number of halogens is 1. The SMILES string of the molecule is CNC(=N)c1ccc(Br)[nH]1. The predicted octanol–water partition coefficient (Wildman–Crippen LogP) is 1.32. The van der Waals surface area contributed by atoms with Gasteiger partial charge in [-0.2, -0.15) is 0 Å². The average Bonchev–Trinajstić information content (AvgIpc) is 2.34. The van der Waals surface area contributed by atoms with Gasteiger partial charge in [-0.1, -0.05) is 0 Å². The van der Waals surface area contributed by atoms with Crippen LogP contribution in [0.1, 0.15) is 5.69 Å². The molecule has 0 bridgehead atoms. The summed E-state index contributed by atoms with van der Waals surface area (Å²) in [5.41, 5.74) is 0.786. The van der Waals surface area contributed by atoms with Crippen LogP contribution < -0.4 is 5.32 Å². The van der Waals surface area contributed by atoms with E-state index < -0.39 is 0 Å². The number of aromatic amines is 1. The molecule has 0 aliphatic rings. The van der Waals surface area contributed by atoms with Gasteiger partial charge in [0, 0.05) is 7.05 Å². The summed E-state index contributed by atoms with van der Waals surface area (Å²) >= 11 is 3.25. The van der Waals surface area contributed by atoms with Crippen molar-refractivity contribution in [2.24, 2.45) is 0 Å². The van der Waals surface area contributed by atoms with E-state index in [-0.39, 0.29) is 0 Å². The molecule has 0 aliphatic carbocycles. The maximum atomic E-state index is 7.33. The first-order valence-corrected chi connectivity index (χ1v) is 3.64. The molecule has 0 aromatic carbocycles. The molecule has 0 spiro atoms. The van der Waals surface area contributed by atoms with E-state index in [1.165, 1.54) is 0 Å². The maximum absolute atomic E-state index is 7.33. The van der Waals surface area contributed by atoms with E-state index in [2.05, 4.69) is 26.2 Å². The Kier molecular flexibility index (Phi) is 2.11. The van der Waals surface area contributed by atoms with Gasteiger partial charge in [0.1, 0.15) is 5.84 Å². The van der Waals surface area contributed by atoms with Crippen molar-refractivity contribution >= 4 is 21.8 Å². The normalized spacial score (nSPS) is 9.40. The largest absolute Gasteiger partial charge is 0.372 e. The molecule has 1 heterocycles. The lowest BCUT2D eigenvalue weighted by molar-refractivity contribution is 1.12. The topological polar surface area (TPSA) is 51.7 Å². The van der Waals surface area contributed by atoms with E-state index in [1.807, 2.05) is 12.1 Å². The molecule has 1 rings (SSSR count). The molecule has 10 heavy (non-hydrogen) atoms. The zero-order valence-electron chi connectivity index (χ0n) is 5.53. The Morgan fingerprint density at radius 1 is 1.70 bits per heavy atom. The molecule has 0 radical (unpaired) electrons. The van der Waals surface area contributed by atoms with Crippen molar-refractivity contribution in [3.63, 3.8) is 0 Å². The summed E-state index contributed by atoms with van der Waals surface area (Å²) < 4.78 is 0.891. The lowest BCUT2D eigenvalue weighted by Crippen LogP contribution is -2.17. The number of nitrogens with one attached hydrogen (secondary N) is 3. The summed E-state index contributed by atoms with van der Waals surface area (Å²) in [4.78, 5) is 2.96. The Labute approximate surface area is 67.5 Å². The van der Waals surface area contributed by atoms with Crippen molar-refractivity contribution in [3.05, 3.63) is 22.4 Å². The number of amidine groups is 1. The Morgan fingerprint density at radius 3 is 2.80 bits per heavy atom. The van der Waals surface area contributed by atoms with Crippen LogP contribution in [0.2, 0.25) is 0 Å². The van der Waals surface area contributed by atoms with Gasteiger partial charge in [-0.3, -0.25) is 5.41 Å². The van der Waals surface area contributed by atoms with Gasteiger partial charge in [-0.05, 0) is 28.1 Å². The van der Waals surface area contributed by atoms with Gasteiger partial charge in [0.05, 0.1) is 10.3 Å². The predicted molar refractivity (Wildman–Crippen MR) is 44.4 cm³/mol. The van der Waals surface area contributed by atoms with Crippen LogP contribution in [0.25, 0.3) is 0 Å². The van der Waals surface area contributed by atoms with E-state index in [1.54, 1.807) is 7.05 Å². The van der Waals surface area contributed by atoms with Gasteiger partial charge in [-0.25, -0.2) is 0 Å². The highest BCUT2D eigenvalue weighted by molar-refractivity contribution is 9.10. The van der Waals surface area contributed by atoms with Crippen molar-refractivity contribution in [2.75, 3.05) is 7.05 Å². The summed E-state index contributed by atoms with van der Waals surface area (Å²) in [5, 5.41) is 10.1. The fourth-order valence-corrected chi connectivity index (χ4v) is 0.995. The quantitative estimate of drug-likeness (QED) is 0.466. The van der Waals surface area contributed by atoms with E-state index in [9.17, 15) is 0 Å². The third-order valence-electron chi connectivity index (χ3n) is 1.17. The maximum Gasteiger partial charge on any atom is 0.141 e. The highest BCUT2D eigenvalue weighted by atomic mass is 79.9. The van der Waals surface area contributed by atoms with E-state index >= 15 is 0 Å². The van der Waals surface area contributed by atoms with Gasteiger partial charge in [0.25, 0.3) is 0 Å². The van der Waals surface area contributed by atoms with Crippen LogP contribution in [0, 0.1) is 5.41 Å². The Balaban J connectivity index is 2.85. The molecular weight excluding hydrogens is 194 g/mol. The molecule has 0 aliphatic heterocycles. The third kappa shape index (κ3) is 1.39. The highest BCUT2D eigenvalue weighted by Crippen LogP contribution is 2.07. The third-order valence-corrected chi connectivity index (χ3v) is 1.63. The van der Waals surface area contributed by atoms with Gasteiger partial charge in [0.15, 0.2) is 0 Å². The van der Waals surface area contributed by atoms with Gasteiger partial charge in [-0.15, -0.1) is 0 Å². The molecule has 0 amide bonds. The molecule has 0 unspecified atom stereocenters. The first kappa shape index (κ1) is 7.34. The van der Waals surface area contributed by atoms with Gasteiger partial charge in [0.2, 0.25) is 0 Å². The van der Waals surface area contributed by atoms with Gasteiger partial charge < -0.3 is 10.3 Å². The first-order valence-electron chi connectivity index (χ1n) is 2.85. The second-order valence-electron chi connectivity index (χ2n) is 1.84. The van der Waals surface area contributed by atoms with Crippen molar-refractivity contribution in [1.82, 2.24) is 10.3 Å². The molecule has 0 fully saturated rings. The monoisotopic (exact) mass is 201 g/mol. The zero-order chi connectivity index (χ0) is 7.56. The number of aromatic nitrogens is 1. The first-order chi connectivity index (χ1) is 4.74. The fourth-order valence-electron chi connectivity index (χ4n) is 0.649. The lowest BCUT2D eigenvalue weighted by Gasteiger charge is -1.96. The number of hydrogen-bond donors (Lipinski definition) is 3. The number of rotatable bonds is 1. The average molecular weight is 202 g/mol. The molecule has 3 nitrogen and oxygen atoms in total. The Bertz CT molecular complexity index is 241. The van der Waals surface area contributed by atoms with E-state index in [0.29, 0.717) is 5.84 Å². The van der Waals surface area contributed by atoms with Crippen LogP contribution in [0.4, 0.5) is 0 Å². The number of H-pyrrole nitrogens is 1. The molecule has 0 saturated carbocycles. The second-order valence-corrected chi connectivity index (χ2v) is 2.70. The Morgan fingerprint density at radius 2 is 2.40 bits per heavy atom. The minimum atomic E-state index is 0.394. The summed E-state index contributed by atoms with van der Waals surface area (Å²) in [6.45, 7) is 0. The van der Waals surface area contributed by atoms with Crippen molar-refractivity contribution < 1.29 is 0 Å². The minimum absolute atomic E-state index is 0.394. The summed E-state index contributed by atoms with van der Waals surface area (Å²) in [7, 11) is 1.72. The fraction of sp³-hybridized carbons (Fsp3) is 0.167. The van der Waals surface area contributed by atoms with Crippen LogP contribution in [-0.2, 0) is 0 Å². The van der Waals surface area contributed by atoms with Crippen LogP contribution in [0.15, 0.2) is 16.7 Å². The van der Waals surface area contributed by atoms with Crippen LogP contribution in [0.3, 0.4) is 0 Å². The second kappa shape index (κ2) is 2.88. The smallest absolute Gasteiger partial charge is 0.141 e. The molecular formula is C6H8BrN3. The van der Waals surface area contributed by atoms with E-state index in [4.69, 9.17) is 5.41 Å². The van der Waals surface area contributed by atoms with Crippen molar-refractivity contribution in [2.45, 2.75) is 0 Å². The summed E-state index contributed by atoms with van der Waals surface area (Å²) in [6, 6.07) is 3.70. The summed E-state index contributed by atoms with van der Waals surface area (Å²) in [5.74, 6) is 0.394. The number of hydrogen-bond acceptors (Lipinski definition) is 1. The van der Waals surface area contributed by atoms with Crippen molar-refractivity contribution in [1.29, 1.82) is 5.41 Å². The van der Waals surface area contributed by atoms with E-state index in [0.717, 1.165) is 10.3 Å². The minimum Gasteiger partial charge on any atom is -0.372 e. The van der Waals surface area contributed by atoms with Gasteiger partial charge >= 0.3 is 0 Å². The zero-order valence-corrected chi connectivity index (χ0v) is 7.12. The van der Waals surface area contributed by atoms with Crippen molar-refractivity contribution in [3.8, 4) is 0 Å². The molecule has 1 aromatic heterocycles. The molecule has 1 aromatic rings. The molecule has 54 valence electrons. The summed E-state index contributed by atoms with van der Waals surface area (Å²) in [6.07, 6.45) is 0. The molecule has 4 heteroatoms. The van der Waals surface area contributed by atoms with Crippen LogP contribution in [-0.4, -0.2) is 17.9 Å².